The molecule has 3 rings (SSSR count). The van der Waals surface area contributed by atoms with Gasteiger partial charge in [0, 0.05) is 18.7 Å². The summed E-state index contributed by atoms with van der Waals surface area (Å²) in [4.78, 5) is 12.1. The van der Waals surface area contributed by atoms with Crippen LogP contribution >= 0.6 is 23.1 Å². The van der Waals surface area contributed by atoms with Crippen LogP contribution in [0.4, 0.5) is 4.39 Å². The van der Waals surface area contributed by atoms with Crippen LogP contribution in [-0.2, 0) is 11.3 Å². The first-order valence-corrected chi connectivity index (χ1v) is 9.76. The number of nitrogens with two attached hydrogens (primary N) is 1. The van der Waals surface area contributed by atoms with E-state index in [9.17, 15) is 9.18 Å². The normalized spacial score (nSPS) is 10.8. The van der Waals surface area contributed by atoms with Gasteiger partial charge in [-0.25, -0.2) is 4.39 Å². The van der Waals surface area contributed by atoms with Gasteiger partial charge < -0.3 is 15.0 Å². The third-order valence-corrected chi connectivity index (χ3v) is 5.23. The fraction of sp³-hybridized carbons (Fsp3) is 0.235. The van der Waals surface area contributed by atoms with Gasteiger partial charge in [0.15, 0.2) is 11.0 Å². The first kappa shape index (κ1) is 18.4. The highest BCUT2D eigenvalue weighted by Gasteiger charge is 2.15. The molecule has 0 saturated heterocycles. The Bertz CT molecular complexity index is 850. The van der Waals surface area contributed by atoms with E-state index in [2.05, 4.69) is 10.2 Å². The predicted octanol–water partition coefficient (Wildman–Crippen LogP) is 3.19. The quantitative estimate of drug-likeness (QED) is 0.447. The van der Waals surface area contributed by atoms with Gasteiger partial charge in [0.1, 0.15) is 11.6 Å². The zero-order chi connectivity index (χ0) is 18.4. The first-order chi connectivity index (χ1) is 12.6. The molecule has 0 fully saturated rings. The van der Waals surface area contributed by atoms with Gasteiger partial charge in [-0.2, -0.15) is 0 Å². The molecule has 2 heterocycles. The molecule has 9 heteroatoms. The maximum Gasteiger partial charge on any atom is 0.219 e. The minimum absolute atomic E-state index is 0.218. The lowest BCUT2D eigenvalue weighted by Crippen LogP contribution is -2.15. The minimum Gasteiger partial charge on any atom is -0.493 e. The van der Waals surface area contributed by atoms with Crippen LogP contribution in [0.25, 0.3) is 10.7 Å². The molecular formula is C17H17FN4O2S2. The second kappa shape index (κ2) is 8.81. The number of thiophene rings is 1. The Kier molecular flexibility index (Phi) is 6.24. The number of ether oxygens (including phenoxy) is 1. The van der Waals surface area contributed by atoms with Crippen molar-refractivity contribution in [1.29, 1.82) is 0 Å². The number of aromatic nitrogens is 3. The van der Waals surface area contributed by atoms with E-state index in [1.165, 1.54) is 23.9 Å². The summed E-state index contributed by atoms with van der Waals surface area (Å²) in [6, 6.07) is 9.79. The van der Waals surface area contributed by atoms with E-state index < -0.39 is 0 Å². The molecule has 0 bridgehead atoms. The predicted molar refractivity (Wildman–Crippen MR) is 99.8 cm³/mol. The molecule has 1 aromatic carbocycles. The van der Waals surface area contributed by atoms with Crippen molar-refractivity contribution in [3.8, 4) is 16.5 Å². The Morgan fingerprint density at radius 2 is 2.08 bits per heavy atom. The van der Waals surface area contributed by atoms with E-state index in [4.69, 9.17) is 10.5 Å². The number of benzene rings is 1. The van der Waals surface area contributed by atoms with Gasteiger partial charge in [0.2, 0.25) is 5.91 Å². The van der Waals surface area contributed by atoms with Gasteiger partial charge in [-0.3, -0.25) is 4.79 Å². The molecule has 0 spiro atoms. The molecule has 0 unspecified atom stereocenters. The standard InChI is InChI=1S/C17H17FN4O2S2/c18-12-3-5-13(6-4-12)24-9-11-26-17-21-20-16(14-2-1-10-25-14)22(17)8-7-15(19)23/h1-6,10H,7-9,11H2,(H2,19,23). The monoisotopic (exact) mass is 392 g/mol. The molecule has 26 heavy (non-hydrogen) atoms. The molecule has 1 amide bonds. The van der Waals surface area contributed by atoms with Crippen molar-refractivity contribution in [3.05, 3.63) is 47.6 Å². The third kappa shape index (κ3) is 4.83. The zero-order valence-electron chi connectivity index (χ0n) is 13.8. The van der Waals surface area contributed by atoms with E-state index in [1.807, 2.05) is 22.1 Å². The molecule has 0 atom stereocenters. The number of thioether (sulfide) groups is 1. The molecule has 3 aromatic rings. The largest absolute Gasteiger partial charge is 0.493 e. The summed E-state index contributed by atoms with van der Waals surface area (Å²) in [7, 11) is 0. The number of hydrogen-bond donors (Lipinski definition) is 1. The van der Waals surface area contributed by atoms with Crippen molar-refractivity contribution >= 4 is 29.0 Å². The summed E-state index contributed by atoms with van der Waals surface area (Å²) < 4.78 is 20.4. The first-order valence-electron chi connectivity index (χ1n) is 7.90. The Morgan fingerprint density at radius 3 is 2.77 bits per heavy atom. The fourth-order valence-electron chi connectivity index (χ4n) is 2.23. The van der Waals surface area contributed by atoms with Gasteiger partial charge in [0.25, 0.3) is 0 Å². The van der Waals surface area contributed by atoms with Gasteiger partial charge in [-0.15, -0.1) is 21.5 Å². The van der Waals surface area contributed by atoms with Crippen LogP contribution in [0.15, 0.2) is 46.9 Å². The zero-order valence-corrected chi connectivity index (χ0v) is 15.4. The van der Waals surface area contributed by atoms with Gasteiger partial charge in [0.05, 0.1) is 11.5 Å². The van der Waals surface area contributed by atoms with Crippen LogP contribution in [0.1, 0.15) is 6.42 Å². The number of hydrogen-bond acceptors (Lipinski definition) is 6. The number of amides is 1. The molecule has 2 N–H and O–H groups in total. The Morgan fingerprint density at radius 1 is 1.27 bits per heavy atom. The van der Waals surface area contributed by atoms with Crippen LogP contribution < -0.4 is 10.5 Å². The molecule has 0 radical (unpaired) electrons. The number of halogens is 1. The van der Waals surface area contributed by atoms with Crippen molar-refractivity contribution in [2.45, 2.75) is 18.1 Å². The van der Waals surface area contributed by atoms with E-state index in [0.717, 1.165) is 10.7 Å². The second-order valence-corrected chi connectivity index (χ2v) is 7.31. The van der Waals surface area contributed by atoms with Crippen LogP contribution in [0.5, 0.6) is 5.75 Å². The molecule has 0 aliphatic rings. The van der Waals surface area contributed by atoms with E-state index in [-0.39, 0.29) is 18.1 Å². The maximum absolute atomic E-state index is 12.9. The number of carbonyl (C=O) groups is 1. The van der Waals surface area contributed by atoms with Crippen molar-refractivity contribution in [2.24, 2.45) is 5.73 Å². The lowest BCUT2D eigenvalue weighted by molar-refractivity contribution is -0.118. The third-order valence-electron chi connectivity index (χ3n) is 3.44. The van der Waals surface area contributed by atoms with Crippen molar-refractivity contribution in [3.63, 3.8) is 0 Å². The summed E-state index contributed by atoms with van der Waals surface area (Å²) in [5.41, 5.74) is 5.28. The highest BCUT2D eigenvalue weighted by Crippen LogP contribution is 2.27. The fourth-order valence-corrected chi connectivity index (χ4v) is 3.73. The van der Waals surface area contributed by atoms with Crippen molar-refractivity contribution < 1.29 is 13.9 Å². The van der Waals surface area contributed by atoms with Gasteiger partial charge in [-0.05, 0) is 35.7 Å². The lowest BCUT2D eigenvalue weighted by Gasteiger charge is -2.09. The molecule has 0 saturated carbocycles. The Labute approximate surface area is 158 Å². The Hall–Kier alpha value is -2.39. The smallest absolute Gasteiger partial charge is 0.219 e. The molecule has 136 valence electrons. The molecule has 0 aliphatic heterocycles. The maximum atomic E-state index is 12.9. The number of nitrogens with zero attached hydrogens (tertiary/aromatic N) is 3. The van der Waals surface area contributed by atoms with Gasteiger partial charge in [-0.1, -0.05) is 17.8 Å². The number of carbonyl (C=O) groups excluding carboxylic acids is 1. The van der Waals surface area contributed by atoms with E-state index >= 15 is 0 Å². The summed E-state index contributed by atoms with van der Waals surface area (Å²) >= 11 is 3.04. The van der Waals surface area contributed by atoms with Crippen LogP contribution in [0, 0.1) is 5.82 Å². The molecular weight excluding hydrogens is 375 g/mol. The number of primary amides is 1. The molecule has 2 aromatic heterocycles. The van der Waals surface area contributed by atoms with Crippen molar-refractivity contribution in [2.75, 3.05) is 12.4 Å². The van der Waals surface area contributed by atoms with Crippen LogP contribution in [-0.4, -0.2) is 33.0 Å². The topological polar surface area (TPSA) is 83.0 Å². The highest BCUT2D eigenvalue weighted by molar-refractivity contribution is 7.99. The average molecular weight is 392 g/mol. The van der Waals surface area contributed by atoms with Crippen LogP contribution in [0.2, 0.25) is 0 Å². The SMILES string of the molecule is NC(=O)CCn1c(SCCOc2ccc(F)cc2)nnc1-c1cccs1. The molecule has 6 nitrogen and oxygen atoms in total. The summed E-state index contributed by atoms with van der Waals surface area (Å²) in [6.07, 6.45) is 0.218. The van der Waals surface area contributed by atoms with E-state index in [0.29, 0.717) is 29.8 Å². The second-order valence-electron chi connectivity index (χ2n) is 5.30. The highest BCUT2D eigenvalue weighted by atomic mass is 32.2. The van der Waals surface area contributed by atoms with Crippen LogP contribution in [0.3, 0.4) is 0 Å². The summed E-state index contributed by atoms with van der Waals surface area (Å²) in [5.74, 6) is 1.31. The Balaban J connectivity index is 1.63. The summed E-state index contributed by atoms with van der Waals surface area (Å²) in [5, 5.41) is 11.2. The number of rotatable bonds is 9. The van der Waals surface area contributed by atoms with Gasteiger partial charge >= 0.3 is 0 Å². The van der Waals surface area contributed by atoms with E-state index in [1.54, 1.807) is 23.5 Å². The minimum atomic E-state index is -0.369. The average Bonchev–Trinajstić information content (AvgIpc) is 3.28. The summed E-state index contributed by atoms with van der Waals surface area (Å²) in [6.45, 7) is 0.865. The lowest BCUT2D eigenvalue weighted by atomic mass is 10.3. The van der Waals surface area contributed by atoms with Crippen molar-refractivity contribution in [1.82, 2.24) is 14.8 Å². The molecule has 0 aliphatic carbocycles.